The number of carbonyl (C=O) groups is 1. The lowest BCUT2D eigenvalue weighted by molar-refractivity contribution is -0.135. The first-order valence-corrected chi connectivity index (χ1v) is 30.3. The lowest BCUT2D eigenvalue weighted by atomic mass is 9.87. The van der Waals surface area contributed by atoms with Gasteiger partial charge in [0.1, 0.15) is 0 Å². The van der Waals surface area contributed by atoms with Crippen molar-refractivity contribution in [1.29, 1.82) is 0 Å². The summed E-state index contributed by atoms with van der Waals surface area (Å²) in [4.78, 5) is 12.1. The van der Waals surface area contributed by atoms with E-state index in [1.165, 1.54) is 19.3 Å². The molecule has 1 rings (SSSR count). The van der Waals surface area contributed by atoms with Gasteiger partial charge in [0.15, 0.2) is 25.0 Å². The molecular formula is C32H68O5Si4. The minimum atomic E-state index is -1.79. The van der Waals surface area contributed by atoms with Crippen molar-refractivity contribution in [3.63, 3.8) is 0 Å². The predicted molar refractivity (Wildman–Crippen MR) is 187 cm³/mol. The predicted octanol–water partition coefficient (Wildman–Crippen LogP) is 10.1. The van der Waals surface area contributed by atoms with E-state index in [1.807, 2.05) is 0 Å². The monoisotopic (exact) mass is 644 g/mol. The van der Waals surface area contributed by atoms with Crippen LogP contribution in [-0.4, -0.2) is 57.6 Å². The summed E-state index contributed by atoms with van der Waals surface area (Å²) in [6.07, 6.45) is 17.3. The first-order valence-electron chi connectivity index (χ1n) is 16.6. The number of carbonyl (C=O) groups excluding carboxylic acids is 1. The molecular weight excluding hydrogens is 577 g/mol. The molecule has 0 radical (unpaired) electrons. The van der Waals surface area contributed by atoms with Crippen molar-refractivity contribution in [2.45, 2.75) is 174 Å². The quantitative estimate of drug-likeness (QED) is 0.0750. The Bertz CT molecular complexity index is 777. The van der Waals surface area contributed by atoms with Crippen LogP contribution in [0.1, 0.15) is 77.6 Å². The number of unbranched alkanes of at least 4 members (excludes halogenated alkanes) is 5. The smallest absolute Gasteiger partial charge is 0.292 e. The van der Waals surface area contributed by atoms with Crippen LogP contribution in [0, 0.1) is 11.8 Å². The van der Waals surface area contributed by atoms with Crippen molar-refractivity contribution >= 4 is 39.2 Å². The van der Waals surface area contributed by atoms with Crippen LogP contribution in [0.15, 0.2) is 12.2 Å². The zero-order chi connectivity index (χ0) is 31.5. The molecule has 0 aromatic rings. The topological polar surface area (TPSA) is 54.0 Å². The average Bonchev–Trinajstić information content (AvgIpc) is 3.04. The molecule has 1 saturated carbocycles. The summed E-state index contributed by atoms with van der Waals surface area (Å²) in [5.41, 5.74) is 0. The van der Waals surface area contributed by atoms with Crippen LogP contribution in [0.3, 0.4) is 0 Å². The first kappa shape index (κ1) is 39.0. The van der Waals surface area contributed by atoms with E-state index in [0.717, 1.165) is 44.9 Å². The van der Waals surface area contributed by atoms with Gasteiger partial charge in [-0.05, 0) is 110 Å². The highest BCUT2D eigenvalue weighted by Gasteiger charge is 2.45. The van der Waals surface area contributed by atoms with Gasteiger partial charge < -0.3 is 17.7 Å². The Morgan fingerprint density at radius 1 is 0.732 bits per heavy atom. The molecule has 0 N–H and O–H groups in total. The second-order valence-corrected chi connectivity index (χ2v) is 34.0. The van der Waals surface area contributed by atoms with Gasteiger partial charge in [-0.3, -0.25) is 4.79 Å². The Morgan fingerprint density at radius 3 is 1.85 bits per heavy atom. The standard InChI is InChI=1S/C32H68O5Si4/c1-14-15-18-21-27(34-38(2,3)4)24-25-29-28(22-19-16-17-20-23-32(33)37-41(11,12)13)30(35-39(5,6)7)26-31(29)36-40(8,9)10/h24-25,27-31H,14-23,26H2,1-13H3/b25-24+/t27-,28+,29+,30+,31+/m0/s1. The highest BCUT2D eigenvalue weighted by molar-refractivity contribution is 6.71. The molecule has 0 heterocycles. The van der Waals surface area contributed by atoms with Gasteiger partial charge >= 0.3 is 0 Å². The second-order valence-electron chi connectivity index (χ2n) is 16.2. The van der Waals surface area contributed by atoms with Gasteiger partial charge in [-0.15, -0.1) is 0 Å². The van der Waals surface area contributed by atoms with E-state index in [2.05, 4.69) is 97.6 Å². The average molecular weight is 645 g/mol. The zero-order valence-electron chi connectivity index (χ0n) is 29.4. The summed E-state index contributed by atoms with van der Waals surface area (Å²) in [7, 11) is -6.88. The maximum atomic E-state index is 12.1. The lowest BCUT2D eigenvalue weighted by Crippen LogP contribution is -2.35. The summed E-state index contributed by atoms with van der Waals surface area (Å²) in [6, 6.07) is 0. The van der Waals surface area contributed by atoms with Crippen LogP contribution in [-0.2, 0) is 22.5 Å². The Kier molecular flexibility index (Phi) is 16.6. The minimum Gasteiger partial charge on any atom is -0.520 e. The molecule has 9 heteroatoms. The van der Waals surface area contributed by atoms with E-state index in [-0.39, 0.29) is 24.3 Å². The van der Waals surface area contributed by atoms with Gasteiger partial charge in [0.05, 0.1) is 18.3 Å². The molecule has 0 aliphatic heterocycles. The third-order valence-corrected chi connectivity index (χ3v) is 11.0. The van der Waals surface area contributed by atoms with Gasteiger partial charge in [-0.1, -0.05) is 57.6 Å². The van der Waals surface area contributed by atoms with Crippen molar-refractivity contribution in [2.24, 2.45) is 11.8 Å². The largest absolute Gasteiger partial charge is 0.520 e. The molecule has 0 unspecified atom stereocenters. The van der Waals surface area contributed by atoms with Crippen molar-refractivity contribution in [2.75, 3.05) is 0 Å². The third kappa shape index (κ3) is 19.1. The van der Waals surface area contributed by atoms with Gasteiger partial charge in [-0.2, -0.15) is 0 Å². The summed E-state index contributed by atoms with van der Waals surface area (Å²) >= 11 is 0. The summed E-state index contributed by atoms with van der Waals surface area (Å²) in [5, 5.41) is 0. The molecule has 0 aromatic carbocycles. The van der Waals surface area contributed by atoms with Crippen molar-refractivity contribution in [3.05, 3.63) is 12.2 Å². The fourth-order valence-corrected chi connectivity index (χ4v) is 10.0. The minimum absolute atomic E-state index is 0.0193. The van der Waals surface area contributed by atoms with Crippen LogP contribution >= 0.6 is 0 Å². The molecule has 0 aromatic heterocycles. The number of rotatable bonds is 20. The van der Waals surface area contributed by atoms with E-state index in [1.54, 1.807) is 0 Å². The molecule has 0 spiro atoms. The fraction of sp³-hybridized carbons (Fsp3) is 0.906. The fourth-order valence-electron chi connectivity index (χ4n) is 5.79. The molecule has 0 saturated heterocycles. The lowest BCUT2D eigenvalue weighted by Gasteiger charge is -2.31. The van der Waals surface area contributed by atoms with E-state index in [4.69, 9.17) is 17.7 Å². The van der Waals surface area contributed by atoms with E-state index in [0.29, 0.717) is 18.3 Å². The Labute approximate surface area is 259 Å². The van der Waals surface area contributed by atoms with Crippen LogP contribution in [0.5, 0.6) is 0 Å². The maximum absolute atomic E-state index is 12.1. The molecule has 0 bridgehead atoms. The van der Waals surface area contributed by atoms with Crippen LogP contribution in [0.25, 0.3) is 0 Å². The normalized spacial score (nSPS) is 23.3. The Hall–Kier alpha value is -0.0425. The summed E-state index contributed by atoms with van der Waals surface area (Å²) < 4.78 is 26.0. The number of hydrogen-bond donors (Lipinski definition) is 0. The molecule has 5 atom stereocenters. The number of hydrogen-bond acceptors (Lipinski definition) is 5. The van der Waals surface area contributed by atoms with E-state index >= 15 is 0 Å². The molecule has 242 valence electrons. The van der Waals surface area contributed by atoms with Gasteiger partial charge in [0, 0.05) is 12.3 Å². The Balaban J connectivity index is 3.04. The summed E-state index contributed by atoms with van der Waals surface area (Å²) in [5.74, 6) is 0.794. The van der Waals surface area contributed by atoms with Crippen molar-refractivity contribution in [1.82, 2.24) is 0 Å². The molecule has 1 aliphatic carbocycles. The van der Waals surface area contributed by atoms with E-state index < -0.39 is 33.3 Å². The molecule has 5 nitrogen and oxygen atoms in total. The van der Waals surface area contributed by atoms with Crippen LogP contribution in [0.4, 0.5) is 0 Å². The molecule has 41 heavy (non-hydrogen) atoms. The van der Waals surface area contributed by atoms with Crippen LogP contribution in [0.2, 0.25) is 78.6 Å². The molecule has 1 fully saturated rings. The maximum Gasteiger partial charge on any atom is 0.292 e. The SMILES string of the molecule is CCCCC[C@@H](/C=C/[C@@H]1[C@@H](CCCCCCC(=O)O[Si](C)(C)C)[C@H](O[Si](C)(C)C)C[C@H]1O[Si](C)(C)C)O[Si](C)(C)C. The van der Waals surface area contributed by atoms with Crippen molar-refractivity contribution in [3.8, 4) is 0 Å². The highest BCUT2D eigenvalue weighted by Crippen LogP contribution is 2.43. The molecule has 1 aliphatic rings. The van der Waals surface area contributed by atoms with E-state index in [9.17, 15) is 4.79 Å². The van der Waals surface area contributed by atoms with Gasteiger partial charge in [-0.25, -0.2) is 0 Å². The summed E-state index contributed by atoms with van der Waals surface area (Å²) in [6.45, 7) is 29.2. The first-order chi connectivity index (χ1) is 18.7. The molecule has 0 amide bonds. The van der Waals surface area contributed by atoms with Gasteiger partial charge in [0.2, 0.25) is 8.32 Å². The van der Waals surface area contributed by atoms with Gasteiger partial charge in [0.25, 0.3) is 5.97 Å². The zero-order valence-corrected chi connectivity index (χ0v) is 33.4. The highest BCUT2D eigenvalue weighted by atomic mass is 28.4. The third-order valence-electron chi connectivity index (χ3n) is 7.11. The van der Waals surface area contributed by atoms with Crippen LogP contribution < -0.4 is 0 Å². The Morgan fingerprint density at radius 2 is 1.32 bits per heavy atom. The second kappa shape index (κ2) is 17.4. The van der Waals surface area contributed by atoms with Crippen molar-refractivity contribution < 1.29 is 22.5 Å².